The summed E-state index contributed by atoms with van der Waals surface area (Å²) in [4.78, 5) is 49.3. The smallest absolute Gasteiger partial charge is 0.387 e. The topological polar surface area (TPSA) is 247 Å². The molecule has 6 atom stereocenters. The number of rotatable bonds is 8. The Balaban J connectivity index is 2.09. The minimum absolute atomic E-state index is 0.0945. The molecule has 1 aromatic rings. The molecular formula is C10H17N2O14P3S. The van der Waals surface area contributed by atoms with Crippen molar-refractivity contribution in [2.45, 2.75) is 24.4 Å². The van der Waals surface area contributed by atoms with E-state index in [4.69, 9.17) is 31.6 Å². The molecule has 30 heavy (non-hydrogen) atoms. The summed E-state index contributed by atoms with van der Waals surface area (Å²) in [5.74, 6) is 0. The van der Waals surface area contributed by atoms with Gasteiger partial charge in [0, 0.05) is 18.8 Å². The van der Waals surface area contributed by atoms with Crippen LogP contribution in [0.25, 0.3) is 0 Å². The Kier molecular flexibility index (Phi) is 7.78. The molecule has 1 aliphatic heterocycles. The molecule has 1 aliphatic rings. The van der Waals surface area contributed by atoms with Crippen LogP contribution >= 0.6 is 35.7 Å². The van der Waals surface area contributed by atoms with Gasteiger partial charge in [0.2, 0.25) is 0 Å². The Morgan fingerprint density at radius 1 is 1.13 bits per heavy atom. The molecule has 0 amide bonds. The normalized spacial score (nSPS) is 28.8. The number of aliphatic hydroxyl groups is 2. The molecular weight excluding hydrogens is 497 g/mol. The highest BCUT2D eigenvalue weighted by Crippen LogP contribution is 2.66. The zero-order chi connectivity index (χ0) is 23.1. The number of ether oxygens (including phenoxy) is 1. The van der Waals surface area contributed by atoms with Gasteiger partial charge in [-0.05, 0) is 0 Å². The predicted octanol–water partition coefficient (Wildman–Crippen LogP) is -1.05. The van der Waals surface area contributed by atoms with Crippen LogP contribution in [0.4, 0.5) is 0 Å². The van der Waals surface area contributed by atoms with Crippen LogP contribution in [0, 0.1) is 4.64 Å². The molecule has 2 heterocycles. The van der Waals surface area contributed by atoms with E-state index >= 15 is 0 Å². The van der Waals surface area contributed by atoms with Crippen LogP contribution in [-0.4, -0.2) is 64.3 Å². The first-order chi connectivity index (χ1) is 13.5. The molecule has 0 bridgehead atoms. The number of hydrogen-bond acceptors (Lipinski definition) is 11. The van der Waals surface area contributed by atoms with E-state index in [-0.39, 0.29) is 10.2 Å². The summed E-state index contributed by atoms with van der Waals surface area (Å²) in [5, 5.41) is 20.3. The minimum Gasteiger partial charge on any atom is -0.387 e. The zero-order valence-corrected chi connectivity index (χ0v) is 18.2. The predicted molar refractivity (Wildman–Crippen MR) is 96.3 cm³/mol. The van der Waals surface area contributed by atoms with Crippen LogP contribution in [0.2, 0.25) is 0 Å². The fraction of sp³-hybridized carbons (Fsp3) is 0.600. The van der Waals surface area contributed by atoms with Crippen LogP contribution < -0.4 is 5.69 Å². The molecule has 172 valence electrons. The average Bonchev–Trinajstić information content (AvgIpc) is 2.81. The van der Waals surface area contributed by atoms with E-state index < -0.39 is 60.2 Å². The van der Waals surface area contributed by atoms with Crippen molar-refractivity contribution in [3.05, 3.63) is 26.9 Å². The van der Waals surface area contributed by atoms with Crippen LogP contribution in [0.1, 0.15) is 11.7 Å². The fourth-order valence-electron chi connectivity index (χ4n) is 2.40. The quantitative estimate of drug-likeness (QED) is 0.161. The molecule has 7 N–H and O–H groups in total. The summed E-state index contributed by atoms with van der Waals surface area (Å²) < 4.78 is 51.4. The van der Waals surface area contributed by atoms with Gasteiger partial charge in [0.25, 0.3) is 0 Å². The molecule has 0 saturated carbocycles. The first-order valence-corrected chi connectivity index (χ1v) is 12.5. The van der Waals surface area contributed by atoms with Gasteiger partial charge in [-0.25, -0.2) is 18.5 Å². The molecule has 3 unspecified atom stereocenters. The molecule has 1 aromatic heterocycles. The highest BCUT2D eigenvalue weighted by Gasteiger charge is 2.46. The van der Waals surface area contributed by atoms with Crippen molar-refractivity contribution in [2.75, 3.05) is 6.61 Å². The Labute approximate surface area is 172 Å². The van der Waals surface area contributed by atoms with Gasteiger partial charge in [-0.3, -0.25) is 9.51 Å². The fourth-order valence-corrected chi connectivity index (χ4v) is 5.69. The first kappa shape index (κ1) is 25.6. The maximum absolute atomic E-state index is 11.7. The van der Waals surface area contributed by atoms with Crippen LogP contribution in [0.15, 0.2) is 11.0 Å². The number of aryl methyl sites for hydroxylation is 1. The highest BCUT2D eigenvalue weighted by atomic mass is 32.1. The lowest BCUT2D eigenvalue weighted by Gasteiger charge is -2.19. The molecule has 0 aliphatic carbocycles. The zero-order valence-electron chi connectivity index (χ0n) is 14.7. The van der Waals surface area contributed by atoms with E-state index in [0.717, 1.165) is 4.57 Å². The van der Waals surface area contributed by atoms with Crippen molar-refractivity contribution in [2.24, 2.45) is 7.05 Å². The third kappa shape index (κ3) is 6.69. The van der Waals surface area contributed by atoms with Crippen molar-refractivity contribution in [1.82, 2.24) is 9.55 Å². The molecule has 0 radical (unpaired) electrons. The van der Waals surface area contributed by atoms with Crippen LogP contribution in [-0.2, 0) is 38.6 Å². The van der Waals surface area contributed by atoms with Crippen LogP contribution in [0.3, 0.4) is 0 Å². The Bertz CT molecular complexity index is 1050. The van der Waals surface area contributed by atoms with Gasteiger partial charge in [0.1, 0.15) is 29.1 Å². The average molecular weight is 514 g/mol. The summed E-state index contributed by atoms with van der Waals surface area (Å²) in [7, 11) is -15.3. The number of nitrogens with one attached hydrogen (secondary N) is 1. The van der Waals surface area contributed by atoms with Crippen LogP contribution in [0.5, 0.6) is 0 Å². The maximum atomic E-state index is 11.7. The Morgan fingerprint density at radius 3 is 2.30 bits per heavy atom. The molecule has 0 spiro atoms. The summed E-state index contributed by atoms with van der Waals surface area (Å²) >= 11 is 4.98. The van der Waals surface area contributed by atoms with Gasteiger partial charge in [0.05, 0.1) is 6.61 Å². The first-order valence-electron chi connectivity index (χ1n) is 7.61. The summed E-state index contributed by atoms with van der Waals surface area (Å²) in [5.41, 5.74) is -0.444. The lowest BCUT2D eigenvalue weighted by Crippen LogP contribution is -2.33. The summed E-state index contributed by atoms with van der Waals surface area (Å²) in [6.07, 6.45) is -4.79. The second kappa shape index (κ2) is 9.10. The van der Waals surface area contributed by atoms with Gasteiger partial charge < -0.3 is 39.1 Å². The van der Waals surface area contributed by atoms with E-state index in [9.17, 15) is 33.6 Å². The second-order valence-electron chi connectivity index (χ2n) is 5.92. The van der Waals surface area contributed by atoms with Crippen molar-refractivity contribution >= 4 is 35.7 Å². The Morgan fingerprint density at radius 2 is 1.73 bits per heavy atom. The number of aromatic amines is 1. The number of hydrogen-bond donors (Lipinski definition) is 7. The maximum Gasteiger partial charge on any atom is 0.490 e. The van der Waals surface area contributed by atoms with Crippen molar-refractivity contribution in [3.63, 3.8) is 0 Å². The van der Waals surface area contributed by atoms with Crippen molar-refractivity contribution < 1.29 is 61.4 Å². The third-order valence-corrected chi connectivity index (χ3v) is 7.76. The standard InChI is InChI=1S/C10H17N2O14P3S/c1-12-2-4(9(30)11-10(12)15)8-7(14)6(13)5(24-8)3-23-28(19,20)26-29(21,22)25-27(16,17)18/h2,5-8,13-14H,3H2,1H3,(H,19,20)(H,21,22)(H,11,15,30)(H2,16,17,18)/t5-,6?,7+,8+/m1/s1. The summed E-state index contributed by atoms with van der Waals surface area (Å²) in [6, 6.07) is 0. The number of H-pyrrole nitrogens is 1. The van der Waals surface area contributed by atoms with E-state index in [2.05, 4.69) is 18.1 Å². The molecule has 1 fully saturated rings. The monoisotopic (exact) mass is 514 g/mol. The van der Waals surface area contributed by atoms with Gasteiger partial charge in [-0.1, -0.05) is 12.2 Å². The highest BCUT2D eigenvalue weighted by molar-refractivity contribution is 7.71. The second-order valence-corrected chi connectivity index (χ2v) is 10.7. The van der Waals surface area contributed by atoms with E-state index in [1.807, 2.05) is 0 Å². The number of phosphoric acid groups is 3. The summed E-state index contributed by atoms with van der Waals surface area (Å²) in [6.45, 7) is -0.972. The molecule has 16 nitrogen and oxygen atoms in total. The number of phosphoric ester groups is 1. The Hall–Kier alpha value is -0.610. The number of aliphatic hydroxyl groups excluding tert-OH is 2. The van der Waals surface area contributed by atoms with Gasteiger partial charge in [-0.15, -0.1) is 0 Å². The molecule has 20 heteroatoms. The van der Waals surface area contributed by atoms with E-state index in [1.165, 1.54) is 13.2 Å². The van der Waals surface area contributed by atoms with Crippen molar-refractivity contribution in [1.29, 1.82) is 0 Å². The lowest BCUT2D eigenvalue weighted by molar-refractivity contribution is -0.0226. The lowest BCUT2D eigenvalue weighted by atomic mass is 10.0. The largest absolute Gasteiger partial charge is 0.490 e. The molecule has 0 aromatic carbocycles. The van der Waals surface area contributed by atoms with Gasteiger partial charge in [0.15, 0.2) is 0 Å². The van der Waals surface area contributed by atoms with E-state index in [0.29, 0.717) is 0 Å². The number of aromatic nitrogens is 2. The molecule has 2 rings (SSSR count). The SMILES string of the molecule is Cn1cc([C@@H]2O[C@H](COP(=O)(O)OP(=O)(O)OP(=O)(O)O)C(O)[C@@H]2O)c(=S)[nH]c1=O. The minimum atomic E-state index is -5.71. The third-order valence-electron chi connectivity index (χ3n) is 3.62. The van der Waals surface area contributed by atoms with Gasteiger partial charge >= 0.3 is 29.2 Å². The van der Waals surface area contributed by atoms with Gasteiger partial charge in [-0.2, -0.15) is 8.62 Å². The molecule has 1 saturated heterocycles. The van der Waals surface area contributed by atoms with E-state index in [1.54, 1.807) is 0 Å². The number of nitrogens with zero attached hydrogens (tertiary/aromatic N) is 1. The van der Waals surface area contributed by atoms with Crippen molar-refractivity contribution in [3.8, 4) is 0 Å².